The van der Waals surface area contributed by atoms with Gasteiger partial charge in [-0.1, -0.05) is 48.6 Å². The van der Waals surface area contributed by atoms with E-state index in [4.69, 9.17) is 14.5 Å². The van der Waals surface area contributed by atoms with Gasteiger partial charge in [0.15, 0.2) is 11.6 Å². The van der Waals surface area contributed by atoms with E-state index in [2.05, 4.69) is 11.9 Å². The zero-order chi connectivity index (χ0) is 27.0. The summed E-state index contributed by atoms with van der Waals surface area (Å²) in [7, 11) is 0. The van der Waals surface area contributed by atoms with Crippen LogP contribution in [-0.4, -0.2) is 22.7 Å². The lowest BCUT2D eigenvalue weighted by Crippen LogP contribution is -2.55. The molecule has 0 bridgehead atoms. The number of fused-ring (bicyclic) bond motifs is 1. The Hall–Kier alpha value is -3.62. The molecule has 1 N–H and O–H groups in total. The predicted molar refractivity (Wildman–Crippen MR) is 152 cm³/mol. The van der Waals surface area contributed by atoms with Gasteiger partial charge in [-0.2, -0.15) is 11.3 Å². The Morgan fingerprint density at radius 3 is 2.79 bits per heavy atom. The maximum Gasteiger partial charge on any atom is 0.238 e. The number of nitrogens with one attached hydrogen (secondary N) is 1. The summed E-state index contributed by atoms with van der Waals surface area (Å²) >= 11 is 3.09. The summed E-state index contributed by atoms with van der Waals surface area (Å²) in [6, 6.07) is 20.5. The van der Waals surface area contributed by atoms with Crippen LogP contribution in [0.15, 0.2) is 94.5 Å². The Balaban J connectivity index is 1.32. The zero-order valence-electron chi connectivity index (χ0n) is 21.4. The van der Waals surface area contributed by atoms with Crippen LogP contribution in [0.5, 0.6) is 11.6 Å². The molecule has 8 heteroatoms. The smallest absolute Gasteiger partial charge is 0.238 e. The SMILES string of the molecule is C=C1CC(c2ccsc2)(c2cccc(OC3CCOc4c(F)cccc43)n2)NC(=O)C1Sc1ccccc1C. The number of piperidine rings is 1. The summed E-state index contributed by atoms with van der Waals surface area (Å²) < 4.78 is 26.2. The monoisotopic (exact) mass is 558 g/mol. The number of halogens is 1. The van der Waals surface area contributed by atoms with Gasteiger partial charge in [0.1, 0.15) is 16.9 Å². The van der Waals surface area contributed by atoms with Gasteiger partial charge in [0.2, 0.25) is 11.8 Å². The number of aromatic nitrogens is 1. The number of rotatable bonds is 6. The van der Waals surface area contributed by atoms with E-state index in [1.54, 1.807) is 23.5 Å². The van der Waals surface area contributed by atoms with E-state index in [0.717, 1.165) is 21.6 Å². The number of hydrogen-bond acceptors (Lipinski definition) is 6. The Bertz CT molecular complexity index is 1520. The van der Waals surface area contributed by atoms with Gasteiger partial charge < -0.3 is 14.8 Å². The second-order valence-electron chi connectivity index (χ2n) is 9.77. The van der Waals surface area contributed by atoms with Crippen molar-refractivity contribution < 1.29 is 18.7 Å². The molecular weight excluding hydrogens is 531 g/mol. The lowest BCUT2D eigenvalue weighted by molar-refractivity contribution is -0.122. The van der Waals surface area contributed by atoms with Crippen LogP contribution >= 0.6 is 23.1 Å². The van der Waals surface area contributed by atoms with Crippen LogP contribution in [0, 0.1) is 12.7 Å². The highest BCUT2D eigenvalue weighted by Gasteiger charge is 2.46. The highest BCUT2D eigenvalue weighted by molar-refractivity contribution is 8.00. The number of carbonyl (C=O) groups excluding carboxylic acids is 1. The summed E-state index contributed by atoms with van der Waals surface area (Å²) in [5, 5.41) is 6.94. The number of pyridine rings is 1. The first-order chi connectivity index (χ1) is 18.9. The lowest BCUT2D eigenvalue weighted by Gasteiger charge is -2.41. The molecule has 39 heavy (non-hydrogen) atoms. The second kappa shape index (κ2) is 10.5. The summed E-state index contributed by atoms with van der Waals surface area (Å²) in [6.07, 6.45) is 0.680. The van der Waals surface area contributed by atoms with Crippen molar-refractivity contribution in [1.29, 1.82) is 0 Å². The van der Waals surface area contributed by atoms with Gasteiger partial charge in [-0.3, -0.25) is 4.79 Å². The normalized spacial score (nSPS) is 22.5. The molecule has 2 aliphatic rings. The quantitative estimate of drug-likeness (QED) is 0.259. The molecule has 2 aromatic carbocycles. The molecule has 5 nitrogen and oxygen atoms in total. The van der Waals surface area contributed by atoms with Crippen molar-refractivity contribution in [3.8, 4) is 11.6 Å². The van der Waals surface area contributed by atoms with Crippen LogP contribution in [0.4, 0.5) is 4.39 Å². The van der Waals surface area contributed by atoms with Crippen molar-refractivity contribution >= 4 is 29.0 Å². The van der Waals surface area contributed by atoms with Gasteiger partial charge in [-0.05, 0) is 53.1 Å². The molecule has 4 heterocycles. The molecule has 1 saturated heterocycles. The predicted octanol–water partition coefficient (Wildman–Crippen LogP) is 6.97. The van der Waals surface area contributed by atoms with E-state index in [-0.39, 0.29) is 11.7 Å². The number of amides is 1. The minimum atomic E-state index is -0.879. The molecule has 0 aliphatic carbocycles. The molecule has 198 valence electrons. The van der Waals surface area contributed by atoms with Gasteiger partial charge in [-0.15, -0.1) is 11.8 Å². The maximum atomic E-state index is 14.3. The van der Waals surface area contributed by atoms with E-state index in [1.807, 2.05) is 66.2 Å². The fourth-order valence-electron chi connectivity index (χ4n) is 5.22. The molecule has 1 amide bonds. The number of thiophene rings is 1. The van der Waals surface area contributed by atoms with Crippen molar-refractivity contribution in [3.05, 3.63) is 118 Å². The molecular formula is C31H27FN2O3S2. The third-order valence-corrected chi connectivity index (χ3v) is 9.36. The molecule has 1 fully saturated rings. The number of benzene rings is 2. The highest BCUT2D eigenvalue weighted by atomic mass is 32.2. The zero-order valence-corrected chi connectivity index (χ0v) is 23.0. The van der Waals surface area contributed by atoms with Crippen LogP contribution in [0.2, 0.25) is 0 Å². The molecule has 0 spiro atoms. The van der Waals surface area contributed by atoms with Crippen molar-refractivity contribution in [3.63, 3.8) is 0 Å². The minimum Gasteiger partial charge on any atom is -0.490 e. The Kier molecular flexibility index (Phi) is 6.91. The van der Waals surface area contributed by atoms with Gasteiger partial charge in [-0.25, -0.2) is 9.37 Å². The summed E-state index contributed by atoms with van der Waals surface area (Å²) in [5.74, 6) is 0.126. The second-order valence-corrected chi connectivity index (χ2v) is 11.7. The van der Waals surface area contributed by atoms with Crippen LogP contribution in [-0.2, 0) is 10.3 Å². The van der Waals surface area contributed by atoms with Crippen LogP contribution in [0.1, 0.15) is 41.3 Å². The summed E-state index contributed by atoms with van der Waals surface area (Å²) in [6.45, 7) is 6.76. The number of nitrogens with zero attached hydrogens (tertiary/aromatic N) is 1. The molecule has 4 aromatic rings. The van der Waals surface area contributed by atoms with E-state index in [9.17, 15) is 9.18 Å². The first-order valence-corrected chi connectivity index (χ1v) is 14.6. The molecule has 3 atom stereocenters. The van der Waals surface area contributed by atoms with E-state index in [0.29, 0.717) is 36.6 Å². The average Bonchev–Trinajstić information content (AvgIpc) is 3.48. The third kappa shape index (κ3) is 4.83. The Morgan fingerprint density at radius 2 is 2.00 bits per heavy atom. The van der Waals surface area contributed by atoms with Gasteiger partial charge in [0, 0.05) is 29.4 Å². The lowest BCUT2D eigenvalue weighted by atomic mass is 9.78. The fraction of sp³-hybridized carbons (Fsp3) is 0.226. The topological polar surface area (TPSA) is 60.5 Å². The third-order valence-electron chi connectivity index (χ3n) is 7.18. The molecule has 0 radical (unpaired) electrons. The van der Waals surface area contributed by atoms with Gasteiger partial charge >= 0.3 is 0 Å². The molecule has 3 unspecified atom stereocenters. The Morgan fingerprint density at radius 1 is 1.15 bits per heavy atom. The standard InChI is InChI=1S/C31H27FN2O3S2/c1-19-7-3-4-10-25(19)39-29-20(2)17-31(34-30(29)35,21-14-16-38-18-21)26-11-6-12-27(33-26)37-24-13-15-36-28-22(24)8-5-9-23(28)32/h3-12,14,16,18,24,29H,2,13,15,17H2,1H3,(H,34,35). The average molecular weight is 559 g/mol. The van der Waals surface area contributed by atoms with Crippen LogP contribution < -0.4 is 14.8 Å². The van der Waals surface area contributed by atoms with E-state index >= 15 is 0 Å². The molecule has 6 rings (SSSR count). The van der Waals surface area contributed by atoms with Crippen LogP contribution in [0.25, 0.3) is 0 Å². The molecule has 2 aliphatic heterocycles. The van der Waals surface area contributed by atoms with Crippen molar-refractivity contribution in [2.24, 2.45) is 0 Å². The van der Waals surface area contributed by atoms with E-state index < -0.39 is 22.7 Å². The number of aryl methyl sites for hydroxylation is 1. The fourth-order valence-corrected chi connectivity index (χ4v) is 7.03. The first kappa shape index (κ1) is 25.6. The number of ether oxygens (including phenoxy) is 2. The van der Waals surface area contributed by atoms with Crippen molar-refractivity contribution in [1.82, 2.24) is 10.3 Å². The van der Waals surface area contributed by atoms with Crippen molar-refractivity contribution in [2.45, 2.75) is 41.6 Å². The maximum absolute atomic E-state index is 14.3. The summed E-state index contributed by atoms with van der Waals surface area (Å²) in [4.78, 5) is 19.6. The van der Waals surface area contributed by atoms with E-state index in [1.165, 1.54) is 17.8 Å². The molecule has 2 aromatic heterocycles. The number of para-hydroxylation sites is 1. The number of thioether (sulfide) groups is 1. The van der Waals surface area contributed by atoms with Crippen molar-refractivity contribution in [2.75, 3.05) is 6.61 Å². The number of hydrogen-bond donors (Lipinski definition) is 1. The highest BCUT2D eigenvalue weighted by Crippen LogP contribution is 2.44. The van der Waals surface area contributed by atoms with Gasteiger partial charge in [0.05, 0.1) is 12.3 Å². The first-order valence-electron chi connectivity index (χ1n) is 12.7. The minimum absolute atomic E-state index is 0.104. The summed E-state index contributed by atoms with van der Waals surface area (Å²) in [5.41, 5.74) is 3.36. The Labute approximate surface area is 235 Å². The van der Waals surface area contributed by atoms with Gasteiger partial charge in [0.25, 0.3) is 0 Å². The number of carbonyl (C=O) groups is 1. The largest absolute Gasteiger partial charge is 0.490 e. The molecule has 0 saturated carbocycles. The van der Waals surface area contributed by atoms with Crippen LogP contribution in [0.3, 0.4) is 0 Å².